The summed E-state index contributed by atoms with van der Waals surface area (Å²) in [5, 5.41) is 89.3. The highest BCUT2D eigenvalue weighted by Crippen LogP contribution is 2.17. The molecular weight excluding hydrogens is 1570 g/mol. The van der Waals surface area contributed by atoms with Crippen molar-refractivity contribution >= 4 is 101 Å². The van der Waals surface area contributed by atoms with Crippen LogP contribution in [-0.2, 0) is 102 Å². The number of unbranched alkanes of at least 4 members (excludes halogenated alkanes) is 14. The molecule has 0 bridgehead atoms. The minimum Gasteiger partial charge on any atom is -0.480 e. The third kappa shape index (κ3) is 51.1. The Balaban J connectivity index is 1.85. The molecule has 1 aromatic heterocycles. The van der Waals surface area contributed by atoms with Crippen molar-refractivity contribution in [3.05, 3.63) is 17.6 Å². The number of ether oxygens (including phenoxy) is 4. The van der Waals surface area contributed by atoms with Crippen LogP contribution in [0.3, 0.4) is 0 Å². The number of aryl methyl sites for hydroxylation is 1. The van der Waals surface area contributed by atoms with Crippen molar-refractivity contribution in [2.75, 3.05) is 112 Å². The number of aliphatic hydroxyl groups excluding tert-OH is 3. The van der Waals surface area contributed by atoms with Gasteiger partial charge in [0.1, 0.15) is 67.3 Å². The third-order valence-electron chi connectivity index (χ3n) is 18.4. The van der Waals surface area contributed by atoms with Crippen molar-refractivity contribution < 1.29 is 121 Å². The van der Waals surface area contributed by atoms with Gasteiger partial charge in [-0.1, -0.05) is 102 Å². The number of nitrogens with one attached hydrogen (secondary N) is 12. The van der Waals surface area contributed by atoms with Gasteiger partial charge >= 0.3 is 11.9 Å². The summed E-state index contributed by atoms with van der Waals surface area (Å²) >= 11 is 0. The molecule has 119 heavy (non-hydrogen) atoms. The molecule has 1 aliphatic heterocycles. The molecule has 0 saturated heterocycles. The minimum atomic E-state index is -2.01. The van der Waals surface area contributed by atoms with Crippen molar-refractivity contribution in [3.8, 4) is 0 Å². The van der Waals surface area contributed by atoms with E-state index < -0.39 is 203 Å². The number of H-pyrrole nitrogens is 1. The molecule has 0 fully saturated rings. The number of amides is 13. The van der Waals surface area contributed by atoms with Crippen LogP contribution in [0.25, 0.3) is 0 Å². The van der Waals surface area contributed by atoms with Crippen LogP contribution in [0.2, 0.25) is 0 Å². The average Bonchev–Trinajstić information content (AvgIpc) is 1.64. The first-order valence-electron chi connectivity index (χ1n) is 40.6. The van der Waals surface area contributed by atoms with E-state index in [-0.39, 0.29) is 102 Å². The number of aliphatic hydroxyl groups is 3. The number of hydrogen-bond donors (Lipinski definition) is 19. The SMILES string of the molecule is CCCC[C@H](NC(=O)[C@H](CCCCN(CC(=O)O)CC(=O)O)NC(=O)[C@H](CC1=CCC=N1)NC(=O)[C@H](CCC(N)=O)NC(=O)[C@H](CO)NC(=O)[C@H](CO)NC(=O)[C@H](CCC(N)=O)NC(=O)[C@@H](CO)NC(=O)CNC(=O)COCCOCCNC(=O)COCCOCCCC(=O)CCCCCCCCCCCCCCCc1nn[nH]n1)C(=O)NC. The molecule has 2 rings (SSSR count). The van der Waals surface area contributed by atoms with Crippen LogP contribution in [0.4, 0.5) is 0 Å². The molecule has 672 valence electrons. The number of allylic oxidation sites excluding steroid dienone is 1. The number of likely N-dealkylation sites (N-methyl/N-ethyl adjacent to an activating group) is 1. The number of nitrogens with zero attached hydrogens (tertiary/aromatic N) is 5. The number of Topliss-reactive ketones (excluding diaryl/α,β-unsaturated/α-hetero) is 1. The highest BCUT2D eigenvalue weighted by Gasteiger charge is 2.36. The number of hydrogen-bond acceptors (Lipinski definition) is 28. The Morgan fingerprint density at radius 3 is 1.36 bits per heavy atom. The lowest BCUT2D eigenvalue weighted by atomic mass is 10.0. The molecule has 8 atom stereocenters. The first-order chi connectivity index (χ1) is 57.1. The zero-order valence-corrected chi connectivity index (χ0v) is 68.4. The van der Waals surface area contributed by atoms with Crippen molar-refractivity contribution in [1.29, 1.82) is 0 Å². The zero-order chi connectivity index (χ0) is 88.0. The lowest BCUT2D eigenvalue weighted by molar-refractivity contribution is -0.142. The van der Waals surface area contributed by atoms with Crippen molar-refractivity contribution in [3.63, 3.8) is 0 Å². The van der Waals surface area contributed by atoms with Crippen LogP contribution < -0.4 is 70.0 Å². The number of rotatable bonds is 74. The number of tetrazole rings is 1. The number of carboxylic acid groups (broad SMARTS) is 2. The fourth-order valence-electron chi connectivity index (χ4n) is 11.9. The predicted molar refractivity (Wildman–Crippen MR) is 425 cm³/mol. The first-order valence-corrected chi connectivity index (χ1v) is 40.6. The molecule has 21 N–H and O–H groups in total. The Kier molecular flexibility index (Phi) is 57.2. The van der Waals surface area contributed by atoms with Gasteiger partial charge in [-0.3, -0.25) is 86.6 Å². The quantitative estimate of drug-likeness (QED) is 0.0274. The smallest absolute Gasteiger partial charge is 0.317 e. The maximum Gasteiger partial charge on any atom is 0.317 e. The van der Waals surface area contributed by atoms with E-state index in [4.69, 9.17) is 30.4 Å². The number of nitrogens with two attached hydrogens (primary N) is 2. The van der Waals surface area contributed by atoms with Gasteiger partial charge in [-0.2, -0.15) is 5.21 Å². The van der Waals surface area contributed by atoms with E-state index in [9.17, 15) is 102 Å². The molecular formula is C75H127N19O25. The highest BCUT2D eigenvalue weighted by molar-refractivity contribution is 5.99. The minimum absolute atomic E-state index is 0.0177. The number of ketones is 1. The van der Waals surface area contributed by atoms with Crippen LogP contribution >= 0.6 is 0 Å². The Hall–Kier alpha value is -10.1. The largest absolute Gasteiger partial charge is 0.480 e. The monoisotopic (exact) mass is 1690 g/mol. The summed E-state index contributed by atoms with van der Waals surface area (Å²) in [5.74, 6) is -14.4. The van der Waals surface area contributed by atoms with E-state index >= 15 is 0 Å². The summed E-state index contributed by atoms with van der Waals surface area (Å²) < 4.78 is 21.5. The normalized spacial score (nSPS) is 13.6. The van der Waals surface area contributed by atoms with E-state index in [2.05, 4.69) is 84.1 Å². The highest BCUT2D eigenvalue weighted by atomic mass is 16.5. The zero-order valence-electron chi connectivity index (χ0n) is 68.4. The van der Waals surface area contributed by atoms with E-state index in [1.165, 1.54) is 71.0 Å². The number of primary amides is 2. The molecule has 1 aliphatic rings. The van der Waals surface area contributed by atoms with E-state index in [0.717, 1.165) is 42.8 Å². The van der Waals surface area contributed by atoms with Gasteiger partial charge in [0.2, 0.25) is 76.8 Å². The molecule has 0 spiro atoms. The standard InChI is InChI=1S/C75H127N19O25/c1-3-4-25-52(68(108)78-2)83-69(109)53(26-18-19-34-94(43-66(104)105)44-67(106)107)84-72(112)56(41-50-22-20-32-79-50)87-70(110)54(28-30-60(76)99)86-74(114)58(46-96)89-75(115)59(47-97)88-71(111)55(29-31-61(77)100)85-73(113)57(45-95)82-63(101)42-81-65(103)49-119-40-38-117-36-33-80-64(102)48-118-39-37-116-35-21-24-51(98)23-16-14-12-10-8-6-5-7-9-11-13-15-17-27-62-90-92-93-91-62/h22,32,52-59,95-97H,3-21,23-31,33-49H2,1-2H3,(H2,76,99)(H2,77,100)(H,78,108)(H,80,102)(H,81,103)(H,82,101)(H,83,109)(H,84,112)(H,85,113)(H,86,114)(H,87,110)(H,88,111)(H,89,115)(H,104,105)(H,106,107)(H,90,91,92,93)/t52-,53-,54-,55-,56-,57+,58-,59-/m0/s1. The molecule has 0 aliphatic carbocycles. The van der Waals surface area contributed by atoms with Gasteiger partial charge in [0.25, 0.3) is 0 Å². The molecule has 1 aromatic rings. The Morgan fingerprint density at radius 1 is 0.462 bits per heavy atom. The van der Waals surface area contributed by atoms with Crippen molar-refractivity contribution in [1.82, 2.24) is 84.0 Å². The summed E-state index contributed by atoms with van der Waals surface area (Å²) in [7, 11) is 1.35. The predicted octanol–water partition coefficient (Wildman–Crippen LogP) is -4.44. The second kappa shape index (κ2) is 64.8. The number of carbonyl (C=O) groups is 16. The van der Waals surface area contributed by atoms with E-state index in [0.29, 0.717) is 45.1 Å². The second-order valence-corrected chi connectivity index (χ2v) is 28.3. The first kappa shape index (κ1) is 105. The average molecular weight is 1690 g/mol. The topological polar surface area (TPSA) is 666 Å². The number of aliphatic imine (C=N–C) groups is 1. The Bertz CT molecular complexity index is 3320. The van der Waals surface area contributed by atoms with Crippen LogP contribution in [-0.4, -0.2) is 313 Å². The van der Waals surface area contributed by atoms with Crippen LogP contribution in [0.15, 0.2) is 16.8 Å². The number of aromatic amines is 1. The fourth-order valence-corrected chi connectivity index (χ4v) is 11.9. The van der Waals surface area contributed by atoms with Gasteiger partial charge in [-0.15, -0.1) is 10.2 Å². The van der Waals surface area contributed by atoms with Crippen LogP contribution in [0.5, 0.6) is 0 Å². The summed E-state index contributed by atoms with van der Waals surface area (Å²) in [6, 6.07) is -13.5. The molecule has 0 radical (unpaired) electrons. The molecule has 13 amide bonds. The fraction of sp³-hybridized carbons (Fsp3) is 0.733. The Labute approximate surface area is 691 Å². The maximum absolute atomic E-state index is 14.4. The van der Waals surface area contributed by atoms with Crippen molar-refractivity contribution in [2.45, 2.75) is 241 Å². The summed E-state index contributed by atoms with van der Waals surface area (Å²) in [6.07, 6.45) is 20.2. The molecule has 0 aromatic carbocycles. The van der Waals surface area contributed by atoms with Gasteiger partial charge in [-0.25, -0.2) is 0 Å². The summed E-state index contributed by atoms with van der Waals surface area (Å²) in [6.45, 7) is -3.42. The number of carbonyl (C=O) groups excluding carboxylic acids is 14. The Morgan fingerprint density at radius 2 is 0.891 bits per heavy atom. The molecule has 44 nitrogen and oxygen atoms in total. The summed E-state index contributed by atoms with van der Waals surface area (Å²) in [5.41, 5.74) is 11.0. The van der Waals surface area contributed by atoms with Gasteiger partial charge in [0.15, 0.2) is 5.82 Å². The molecule has 44 heteroatoms. The lowest BCUT2D eigenvalue weighted by Gasteiger charge is -2.27. The molecule has 0 unspecified atom stereocenters. The second-order valence-electron chi connectivity index (χ2n) is 28.3. The number of carboxylic acids is 2. The van der Waals surface area contributed by atoms with Gasteiger partial charge in [0.05, 0.1) is 72.5 Å². The van der Waals surface area contributed by atoms with Gasteiger partial charge in [-0.05, 0) is 64.3 Å². The van der Waals surface area contributed by atoms with Crippen molar-refractivity contribution in [2.24, 2.45) is 16.5 Å². The number of aromatic nitrogens is 4. The molecule has 2 heterocycles. The van der Waals surface area contributed by atoms with Crippen LogP contribution in [0, 0.1) is 0 Å². The van der Waals surface area contributed by atoms with E-state index in [1.807, 2.05) is 6.92 Å². The summed E-state index contributed by atoms with van der Waals surface area (Å²) in [4.78, 5) is 212. The lowest BCUT2D eigenvalue weighted by Crippen LogP contribution is -2.61. The maximum atomic E-state index is 14.4. The number of aliphatic carboxylic acids is 2. The third-order valence-corrected chi connectivity index (χ3v) is 18.4. The van der Waals surface area contributed by atoms with Crippen LogP contribution in [0.1, 0.15) is 193 Å². The van der Waals surface area contributed by atoms with E-state index in [1.54, 1.807) is 6.08 Å². The van der Waals surface area contributed by atoms with Gasteiger partial charge in [0, 0.05) is 77.1 Å². The van der Waals surface area contributed by atoms with Gasteiger partial charge < -0.3 is 114 Å². The molecule has 0 saturated carbocycles.